The van der Waals surface area contributed by atoms with Crippen molar-refractivity contribution in [2.75, 3.05) is 7.05 Å². The van der Waals surface area contributed by atoms with Crippen LogP contribution >= 0.6 is 0 Å². The van der Waals surface area contributed by atoms with Crippen molar-refractivity contribution in [3.8, 4) is 5.75 Å². The first-order valence-corrected chi connectivity index (χ1v) is 7.65. The van der Waals surface area contributed by atoms with Crippen molar-refractivity contribution in [2.24, 2.45) is 0 Å². The summed E-state index contributed by atoms with van der Waals surface area (Å²) in [6.07, 6.45) is 1.23. The van der Waals surface area contributed by atoms with Crippen molar-refractivity contribution < 1.29 is 17.9 Å². The normalized spacial score (nSPS) is 13.3. The molecule has 1 aromatic heterocycles. The molecule has 0 saturated carbocycles. The van der Waals surface area contributed by atoms with Gasteiger partial charge in [0.1, 0.15) is 5.75 Å². The topological polar surface area (TPSA) is 70.5 Å². The van der Waals surface area contributed by atoms with Gasteiger partial charge in [0.05, 0.1) is 0 Å². The first-order valence-electron chi connectivity index (χ1n) is 6.21. The van der Waals surface area contributed by atoms with E-state index in [4.69, 9.17) is 0 Å². The first kappa shape index (κ1) is 15.4. The molecule has 0 radical (unpaired) electrons. The highest BCUT2D eigenvalue weighted by Crippen LogP contribution is 2.26. The van der Waals surface area contributed by atoms with Gasteiger partial charge in [-0.15, -0.1) is 0 Å². The molecule has 21 heavy (non-hydrogen) atoms. The van der Waals surface area contributed by atoms with Crippen molar-refractivity contribution in [3.05, 3.63) is 54.0 Å². The van der Waals surface area contributed by atoms with Gasteiger partial charge in [-0.1, -0.05) is 12.1 Å². The Morgan fingerprint density at radius 1 is 1.24 bits per heavy atom. The van der Waals surface area contributed by atoms with E-state index in [1.165, 1.54) is 31.4 Å². The molecule has 0 fully saturated rings. The molecule has 1 heterocycles. The number of hydrogen-bond acceptors (Lipinski definition) is 4. The summed E-state index contributed by atoms with van der Waals surface area (Å²) in [5.41, 5.74) is 0.676. The zero-order chi connectivity index (χ0) is 15.6. The molecule has 5 nitrogen and oxygen atoms in total. The van der Waals surface area contributed by atoms with E-state index in [9.17, 15) is 17.9 Å². The standard InChI is InChI=1S/C14H15FN2O3S/c1-10(11-5-7-12(18)8-6-11)17(2)21(19,20)14-13(15)4-3-9-16-14/h3-10,18H,1-2H3. The van der Waals surface area contributed by atoms with Crippen LogP contribution < -0.4 is 0 Å². The van der Waals surface area contributed by atoms with Gasteiger partial charge in [-0.05, 0) is 36.8 Å². The number of hydrogen-bond donors (Lipinski definition) is 1. The van der Waals surface area contributed by atoms with E-state index in [-0.39, 0.29) is 5.75 Å². The highest BCUT2D eigenvalue weighted by atomic mass is 32.2. The predicted molar refractivity (Wildman–Crippen MR) is 75.7 cm³/mol. The van der Waals surface area contributed by atoms with Crippen LogP contribution in [0.1, 0.15) is 18.5 Å². The van der Waals surface area contributed by atoms with Gasteiger partial charge >= 0.3 is 0 Å². The van der Waals surface area contributed by atoms with Gasteiger partial charge in [0.2, 0.25) is 5.03 Å². The fourth-order valence-electron chi connectivity index (χ4n) is 1.87. The fourth-order valence-corrected chi connectivity index (χ4v) is 3.19. The number of phenolic OH excluding ortho intramolecular Hbond substituents is 1. The van der Waals surface area contributed by atoms with Crippen molar-refractivity contribution in [1.29, 1.82) is 0 Å². The lowest BCUT2D eigenvalue weighted by Gasteiger charge is -2.24. The Labute approximate surface area is 122 Å². The number of halogens is 1. The number of aromatic nitrogens is 1. The monoisotopic (exact) mass is 310 g/mol. The van der Waals surface area contributed by atoms with Crippen LogP contribution in [0.5, 0.6) is 5.75 Å². The van der Waals surface area contributed by atoms with Crippen molar-refractivity contribution in [1.82, 2.24) is 9.29 Å². The van der Waals surface area contributed by atoms with E-state index in [1.54, 1.807) is 19.1 Å². The molecule has 0 amide bonds. The number of phenols is 1. The van der Waals surface area contributed by atoms with Crippen LogP contribution in [-0.2, 0) is 10.0 Å². The summed E-state index contributed by atoms with van der Waals surface area (Å²) < 4.78 is 39.5. The molecule has 1 atom stereocenters. The minimum atomic E-state index is -4.04. The molecule has 0 aliphatic carbocycles. The van der Waals surface area contributed by atoms with Crippen LogP contribution in [0.2, 0.25) is 0 Å². The Morgan fingerprint density at radius 3 is 2.43 bits per heavy atom. The van der Waals surface area contributed by atoms with E-state index >= 15 is 0 Å². The van der Waals surface area contributed by atoms with Crippen LogP contribution in [0.15, 0.2) is 47.6 Å². The molecule has 7 heteroatoms. The summed E-state index contributed by atoms with van der Waals surface area (Å²) in [4.78, 5) is 3.62. The summed E-state index contributed by atoms with van der Waals surface area (Å²) >= 11 is 0. The molecule has 2 rings (SSSR count). The van der Waals surface area contributed by atoms with E-state index in [2.05, 4.69) is 4.98 Å². The average molecular weight is 310 g/mol. The van der Waals surface area contributed by atoms with Gasteiger partial charge in [-0.25, -0.2) is 17.8 Å². The summed E-state index contributed by atoms with van der Waals surface area (Å²) in [6, 6.07) is 8.01. The number of rotatable bonds is 4. The van der Waals surface area contributed by atoms with Crippen LogP contribution in [-0.4, -0.2) is 29.9 Å². The Kier molecular flexibility index (Phi) is 4.24. The van der Waals surface area contributed by atoms with Crippen molar-refractivity contribution in [3.63, 3.8) is 0 Å². The molecule has 1 N–H and O–H groups in total. The van der Waals surface area contributed by atoms with Gasteiger partial charge < -0.3 is 5.11 Å². The maximum atomic E-state index is 13.7. The molecular weight excluding hydrogens is 295 g/mol. The molecule has 0 spiro atoms. The Morgan fingerprint density at radius 2 is 1.86 bits per heavy atom. The van der Waals surface area contributed by atoms with Crippen LogP contribution in [0.4, 0.5) is 4.39 Å². The fraction of sp³-hybridized carbons (Fsp3) is 0.214. The smallest absolute Gasteiger partial charge is 0.263 e. The van der Waals surface area contributed by atoms with E-state index in [1.807, 2.05) is 0 Å². The van der Waals surface area contributed by atoms with E-state index in [0.29, 0.717) is 5.56 Å². The summed E-state index contributed by atoms with van der Waals surface area (Å²) in [6.45, 7) is 1.67. The molecule has 0 saturated heterocycles. The van der Waals surface area contributed by atoms with E-state index in [0.717, 1.165) is 10.4 Å². The molecular formula is C14H15FN2O3S. The maximum absolute atomic E-state index is 13.7. The summed E-state index contributed by atoms with van der Waals surface area (Å²) in [5.74, 6) is -0.797. The molecule has 2 aromatic rings. The summed E-state index contributed by atoms with van der Waals surface area (Å²) in [7, 11) is -2.68. The second-order valence-corrected chi connectivity index (χ2v) is 6.49. The third kappa shape index (κ3) is 3.03. The molecule has 0 bridgehead atoms. The van der Waals surface area contributed by atoms with Gasteiger partial charge in [0.25, 0.3) is 10.0 Å². The molecule has 0 aliphatic heterocycles. The number of pyridine rings is 1. The number of nitrogens with zero attached hydrogens (tertiary/aromatic N) is 2. The third-order valence-corrected chi connectivity index (χ3v) is 5.13. The minimum absolute atomic E-state index is 0.0900. The summed E-state index contributed by atoms with van der Waals surface area (Å²) in [5, 5.41) is 8.66. The lowest BCUT2D eigenvalue weighted by Crippen LogP contribution is -2.31. The minimum Gasteiger partial charge on any atom is -0.508 e. The predicted octanol–water partition coefficient (Wildman–Crippen LogP) is 2.31. The zero-order valence-corrected chi connectivity index (χ0v) is 12.4. The van der Waals surface area contributed by atoms with Crippen LogP contribution in [0.25, 0.3) is 0 Å². The second kappa shape index (κ2) is 5.79. The highest BCUT2D eigenvalue weighted by Gasteiger charge is 2.30. The SMILES string of the molecule is CC(c1ccc(O)cc1)N(C)S(=O)(=O)c1ncccc1F. The van der Waals surface area contributed by atoms with Crippen molar-refractivity contribution in [2.45, 2.75) is 18.0 Å². The number of aromatic hydroxyl groups is 1. The zero-order valence-electron chi connectivity index (χ0n) is 11.6. The van der Waals surface area contributed by atoms with Gasteiger partial charge in [0, 0.05) is 19.3 Å². The molecule has 112 valence electrons. The molecule has 0 aliphatic rings. The second-order valence-electron chi connectivity index (χ2n) is 4.58. The molecule has 1 unspecified atom stereocenters. The largest absolute Gasteiger partial charge is 0.508 e. The first-order chi connectivity index (χ1) is 9.84. The average Bonchev–Trinajstić information content (AvgIpc) is 2.46. The molecule has 1 aromatic carbocycles. The number of sulfonamides is 1. The maximum Gasteiger partial charge on any atom is 0.263 e. The van der Waals surface area contributed by atoms with Gasteiger partial charge in [-0.2, -0.15) is 4.31 Å². The quantitative estimate of drug-likeness (QED) is 0.940. The van der Waals surface area contributed by atoms with Crippen LogP contribution in [0, 0.1) is 5.82 Å². The third-order valence-electron chi connectivity index (χ3n) is 3.27. The highest BCUT2D eigenvalue weighted by molar-refractivity contribution is 7.89. The lowest BCUT2D eigenvalue weighted by molar-refractivity contribution is 0.392. The van der Waals surface area contributed by atoms with Gasteiger partial charge in [0.15, 0.2) is 5.82 Å². The van der Waals surface area contributed by atoms with Gasteiger partial charge in [-0.3, -0.25) is 0 Å². The lowest BCUT2D eigenvalue weighted by atomic mass is 10.1. The Bertz CT molecular complexity index is 732. The Balaban J connectivity index is 2.36. The van der Waals surface area contributed by atoms with Crippen LogP contribution in [0.3, 0.4) is 0 Å². The number of benzene rings is 1. The van der Waals surface area contributed by atoms with E-state index < -0.39 is 26.9 Å². The Hall–Kier alpha value is -1.99. The van der Waals surface area contributed by atoms with Crippen molar-refractivity contribution >= 4 is 10.0 Å².